The summed E-state index contributed by atoms with van der Waals surface area (Å²) in [6.45, 7) is 0. The van der Waals surface area contributed by atoms with Crippen LogP contribution >= 0.6 is 0 Å². The van der Waals surface area contributed by atoms with Crippen LogP contribution in [-0.2, 0) is 0 Å². The van der Waals surface area contributed by atoms with Gasteiger partial charge >= 0.3 is 11.4 Å². The SMILES string of the molecule is COc1c([N+](=O)[O-])cc([N+](=O)[O-])c(OC)c1C(=O)[O-]. The molecule has 0 aliphatic carbocycles. The predicted octanol–water partition coefficient (Wildman–Crippen LogP) is -0.116. The summed E-state index contributed by atoms with van der Waals surface area (Å²) in [4.78, 5) is 30.5. The van der Waals surface area contributed by atoms with Gasteiger partial charge in [-0.25, -0.2) is 0 Å². The van der Waals surface area contributed by atoms with Gasteiger partial charge in [0.15, 0.2) is 0 Å². The quantitative estimate of drug-likeness (QED) is 0.532. The summed E-state index contributed by atoms with van der Waals surface area (Å²) in [6, 6.07) is 0.560. The van der Waals surface area contributed by atoms with Crippen LogP contribution in [0, 0.1) is 20.2 Å². The van der Waals surface area contributed by atoms with E-state index in [2.05, 4.69) is 9.47 Å². The normalized spacial score (nSPS) is 9.79. The molecule has 1 rings (SSSR count). The molecular formula is C9H7N2O8-. The third kappa shape index (κ3) is 2.36. The summed E-state index contributed by atoms with van der Waals surface area (Å²) < 4.78 is 9.22. The fourth-order valence-corrected chi connectivity index (χ4v) is 1.49. The van der Waals surface area contributed by atoms with Crippen molar-refractivity contribution in [2.24, 2.45) is 0 Å². The minimum Gasteiger partial charge on any atom is -0.545 e. The number of rotatable bonds is 5. The number of methoxy groups -OCH3 is 2. The van der Waals surface area contributed by atoms with Gasteiger partial charge in [0.2, 0.25) is 11.5 Å². The predicted molar refractivity (Wildman–Crippen MR) is 57.2 cm³/mol. The van der Waals surface area contributed by atoms with Crippen LogP contribution in [0.15, 0.2) is 6.07 Å². The Hall–Kier alpha value is -2.91. The molecule has 1 aromatic carbocycles. The molecule has 10 heteroatoms. The van der Waals surface area contributed by atoms with Gasteiger partial charge < -0.3 is 19.4 Å². The number of nitro groups is 2. The highest BCUT2D eigenvalue weighted by atomic mass is 16.6. The molecule has 0 radical (unpaired) electrons. The second-order valence-electron chi connectivity index (χ2n) is 3.16. The average Bonchev–Trinajstić information content (AvgIpc) is 2.35. The highest BCUT2D eigenvalue weighted by Crippen LogP contribution is 2.43. The minimum atomic E-state index is -1.89. The first-order valence-corrected chi connectivity index (χ1v) is 4.64. The van der Waals surface area contributed by atoms with Crippen LogP contribution in [0.5, 0.6) is 11.5 Å². The maximum atomic E-state index is 11.0. The van der Waals surface area contributed by atoms with Crippen LogP contribution in [0.2, 0.25) is 0 Å². The summed E-state index contributed by atoms with van der Waals surface area (Å²) in [5.41, 5.74) is -2.62. The Morgan fingerprint density at radius 3 is 1.63 bits per heavy atom. The van der Waals surface area contributed by atoms with Crippen LogP contribution < -0.4 is 14.6 Å². The van der Waals surface area contributed by atoms with E-state index >= 15 is 0 Å². The highest BCUT2D eigenvalue weighted by molar-refractivity contribution is 5.96. The molecule has 0 unspecified atom stereocenters. The molecule has 0 heterocycles. The molecule has 0 aromatic heterocycles. The van der Waals surface area contributed by atoms with Gasteiger partial charge in [0.25, 0.3) is 0 Å². The lowest BCUT2D eigenvalue weighted by Crippen LogP contribution is -2.24. The number of carbonyl (C=O) groups excluding carboxylic acids is 1. The topological polar surface area (TPSA) is 145 Å². The van der Waals surface area contributed by atoms with Gasteiger partial charge in [-0.05, 0) is 0 Å². The van der Waals surface area contributed by atoms with Gasteiger partial charge in [-0.3, -0.25) is 20.2 Å². The van der Waals surface area contributed by atoms with E-state index in [4.69, 9.17) is 0 Å². The Kier molecular flexibility index (Phi) is 3.85. The van der Waals surface area contributed by atoms with E-state index in [1.807, 2.05) is 0 Å². The fraction of sp³-hybridized carbons (Fsp3) is 0.222. The summed E-state index contributed by atoms with van der Waals surface area (Å²) in [5, 5.41) is 32.6. The van der Waals surface area contributed by atoms with E-state index in [9.17, 15) is 30.1 Å². The van der Waals surface area contributed by atoms with Crippen molar-refractivity contribution in [3.05, 3.63) is 31.9 Å². The number of aromatic carboxylic acids is 1. The molecule has 0 bridgehead atoms. The van der Waals surface area contributed by atoms with Gasteiger partial charge in [0.05, 0.1) is 35.6 Å². The third-order valence-corrected chi connectivity index (χ3v) is 2.20. The van der Waals surface area contributed by atoms with Crippen LogP contribution in [0.4, 0.5) is 11.4 Å². The van der Waals surface area contributed by atoms with E-state index in [0.29, 0.717) is 6.07 Å². The number of carboxylic acids is 1. The number of hydrogen-bond acceptors (Lipinski definition) is 8. The first-order chi connectivity index (χ1) is 8.84. The summed E-state index contributed by atoms with van der Waals surface area (Å²) in [6.07, 6.45) is 0. The molecule has 0 saturated carbocycles. The van der Waals surface area contributed by atoms with Crippen LogP contribution in [0.3, 0.4) is 0 Å². The molecule has 19 heavy (non-hydrogen) atoms. The third-order valence-electron chi connectivity index (χ3n) is 2.20. The van der Waals surface area contributed by atoms with Crippen LogP contribution in [-0.4, -0.2) is 30.0 Å². The number of hydrogen-bond donors (Lipinski definition) is 0. The Morgan fingerprint density at radius 2 is 1.42 bits per heavy atom. The van der Waals surface area contributed by atoms with Gasteiger partial charge in [-0.15, -0.1) is 0 Å². The van der Waals surface area contributed by atoms with E-state index in [-0.39, 0.29) is 0 Å². The Balaban J connectivity index is 3.87. The van der Waals surface area contributed by atoms with E-state index in [0.717, 1.165) is 14.2 Å². The number of carboxylic acid groups (broad SMARTS) is 1. The Morgan fingerprint density at radius 1 is 1.05 bits per heavy atom. The molecule has 1 aromatic rings. The Labute approximate surface area is 105 Å². The molecule has 0 amide bonds. The summed E-state index contributed by atoms with van der Waals surface area (Å²) in [7, 11) is 1.97. The zero-order chi connectivity index (χ0) is 14.7. The van der Waals surface area contributed by atoms with E-state index in [1.54, 1.807) is 0 Å². The molecule has 0 atom stereocenters. The first-order valence-electron chi connectivity index (χ1n) is 4.64. The fourth-order valence-electron chi connectivity index (χ4n) is 1.49. The van der Waals surface area contributed by atoms with Gasteiger partial charge in [0.1, 0.15) is 6.07 Å². The second kappa shape index (κ2) is 5.16. The van der Waals surface area contributed by atoms with Crippen molar-refractivity contribution in [2.45, 2.75) is 0 Å². The number of benzene rings is 1. The number of carbonyl (C=O) groups is 1. The maximum absolute atomic E-state index is 11.0. The molecule has 0 saturated heterocycles. The van der Waals surface area contributed by atoms with Gasteiger partial charge in [-0.1, -0.05) is 0 Å². The van der Waals surface area contributed by atoms with Gasteiger partial charge in [-0.2, -0.15) is 0 Å². The van der Waals surface area contributed by atoms with Crippen molar-refractivity contribution in [3.8, 4) is 11.5 Å². The van der Waals surface area contributed by atoms with E-state index in [1.165, 1.54) is 0 Å². The molecule has 0 aliphatic rings. The number of nitro benzene ring substituents is 2. The lowest BCUT2D eigenvalue weighted by atomic mass is 10.1. The zero-order valence-corrected chi connectivity index (χ0v) is 9.74. The molecular weight excluding hydrogens is 264 g/mol. The zero-order valence-electron chi connectivity index (χ0n) is 9.74. The van der Waals surface area contributed by atoms with Crippen molar-refractivity contribution in [3.63, 3.8) is 0 Å². The smallest absolute Gasteiger partial charge is 0.318 e. The second-order valence-corrected chi connectivity index (χ2v) is 3.16. The van der Waals surface area contributed by atoms with Crippen LogP contribution in [0.25, 0.3) is 0 Å². The van der Waals surface area contributed by atoms with Crippen molar-refractivity contribution in [2.75, 3.05) is 14.2 Å². The van der Waals surface area contributed by atoms with Crippen molar-refractivity contribution in [1.29, 1.82) is 0 Å². The maximum Gasteiger partial charge on any atom is 0.318 e. The standard InChI is InChI=1S/C9H8N2O8/c1-18-7-4(10(14)15)3-5(11(16)17)8(19-2)6(7)9(12)13/h3H,1-2H3,(H,12,13)/p-1. The van der Waals surface area contributed by atoms with Crippen LogP contribution in [0.1, 0.15) is 10.4 Å². The number of nitrogens with zero attached hydrogens (tertiary/aromatic N) is 2. The van der Waals surface area contributed by atoms with Crippen molar-refractivity contribution < 1.29 is 29.2 Å². The lowest BCUT2D eigenvalue weighted by Gasteiger charge is -2.13. The molecule has 10 nitrogen and oxygen atoms in total. The monoisotopic (exact) mass is 271 g/mol. The highest BCUT2D eigenvalue weighted by Gasteiger charge is 2.32. The Bertz CT molecular complexity index is 528. The van der Waals surface area contributed by atoms with Crippen molar-refractivity contribution in [1.82, 2.24) is 0 Å². The molecule has 0 spiro atoms. The van der Waals surface area contributed by atoms with E-state index < -0.39 is 44.3 Å². The summed E-state index contributed by atoms with van der Waals surface area (Å²) >= 11 is 0. The summed E-state index contributed by atoms with van der Waals surface area (Å²) in [5.74, 6) is -3.24. The van der Waals surface area contributed by atoms with Crippen molar-refractivity contribution >= 4 is 17.3 Å². The molecule has 102 valence electrons. The molecule has 0 N–H and O–H groups in total. The average molecular weight is 271 g/mol. The largest absolute Gasteiger partial charge is 0.545 e. The number of ether oxygens (including phenoxy) is 2. The molecule has 0 fully saturated rings. The van der Waals surface area contributed by atoms with Gasteiger partial charge in [0, 0.05) is 0 Å². The lowest BCUT2D eigenvalue weighted by molar-refractivity contribution is -0.395. The minimum absolute atomic E-state index is 0.560. The first kappa shape index (κ1) is 14.2. The molecule has 0 aliphatic heterocycles.